The molecule has 1 N–H and O–H groups in total. The third kappa shape index (κ3) is 4.54. The minimum absolute atomic E-state index is 0.122. The zero-order valence-electron chi connectivity index (χ0n) is 18.0. The number of carbonyl (C=O) groups excluding carboxylic acids is 1. The van der Waals surface area contributed by atoms with Crippen LogP contribution in [0, 0.1) is 5.92 Å². The van der Waals surface area contributed by atoms with E-state index in [9.17, 15) is 4.79 Å². The third-order valence-corrected chi connectivity index (χ3v) is 6.23. The molecule has 6 nitrogen and oxygen atoms in total. The lowest BCUT2D eigenvalue weighted by Crippen LogP contribution is -2.34. The van der Waals surface area contributed by atoms with Crippen LogP contribution < -0.4 is 5.32 Å². The second-order valence-corrected chi connectivity index (χ2v) is 8.48. The Kier molecular flexibility index (Phi) is 5.92. The van der Waals surface area contributed by atoms with Crippen molar-refractivity contribution in [3.8, 4) is 11.3 Å². The number of hydrogen-bond acceptors (Lipinski definition) is 5. The van der Waals surface area contributed by atoms with Crippen molar-refractivity contribution in [3.63, 3.8) is 0 Å². The summed E-state index contributed by atoms with van der Waals surface area (Å²) in [6.45, 7) is 1.45. The molecule has 1 aromatic carbocycles. The van der Waals surface area contributed by atoms with Crippen LogP contribution in [0.15, 0.2) is 73.1 Å². The number of aromatic nitrogens is 3. The molecule has 1 saturated heterocycles. The Morgan fingerprint density at radius 3 is 2.72 bits per heavy atom. The van der Waals surface area contributed by atoms with E-state index in [2.05, 4.69) is 22.5 Å². The summed E-state index contributed by atoms with van der Waals surface area (Å²) >= 11 is 0. The fraction of sp³-hybridized carbons (Fsp3) is 0.308. The van der Waals surface area contributed by atoms with Gasteiger partial charge in [-0.3, -0.25) is 9.78 Å². The topological polar surface area (TPSA) is 71.0 Å². The lowest BCUT2D eigenvalue weighted by molar-refractivity contribution is -0.134. The Morgan fingerprint density at radius 1 is 1.03 bits per heavy atom. The minimum Gasteiger partial charge on any atom is -0.342 e. The predicted octanol–water partition coefficient (Wildman–Crippen LogP) is 4.95. The molecule has 2 atom stereocenters. The fourth-order valence-corrected chi connectivity index (χ4v) is 4.49. The number of pyridine rings is 1. The number of allylic oxidation sites excluding steroid dienone is 2. The van der Waals surface area contributed by atoms with Gasteiger partial charge in [-0.25, -0.2) is 9.97 Å². The van der Waals surface area contributed by atoms with Crippen LogP contribution >= 0.6 is 0 Å². The van der Waals surface area contributed by atoms with Gasteiger partial charge in [-0.15, -0.1) is 0 Å². The Balaban J connectivity index is 1.40. The normalized spacial score (nSPS) is 20.3. The first-order chi connectivity index (χ1) is 15.8. The van der Waals surface area contributed by atoms with Gasteiger partial charge in [0.1, 0.15) is 11.6 Å². The van der Waals surface area contributed by atoms with Crippen molar-refractivity contribution < 1.29 is 4.79 Å². The highest BCUT2D eigenvalue weighted by Gasteiger charge is 2.33. The molecule has 1 amide bonds. The van der Waals surface area contributed by atoms with E-state index >= 15 is 0 Å². The molecule has 32 heavy (non-hydrogen) atoms. The summed E-state index contributed by atoms with van der Waals surface area (Å²) in [6, 6.07) is 15.9. The quantitative estimate of drug-likeness (QED) is 0.586. The van der Waals surface area contributed by atoms with Crippen LogP contribution in [0.3, 0.4) is 0 Å². The molecule has 162 valence electrons. The fourth-order valence-electron chi connectivity index (χ4n) is 4.49. The van der Waals surface area contributed by atoms with E-state index in [1.807, 2.05) is 59.6 Å². The molecule has 0 radical (unpaired) electrons. The Labute approximate surface area is 188 Å². The third-order valence-electron chi connectivity index (χ3n) is 6.23. The first kappa shape index (κ1) is 20.4. The van der Waals surface area contributed by atoms with Crippen molar-refractivity contribution in [2.75, 3.05) is 18.4 Å². The number of nitrogens with one attached hydrogen (secondary N) is 1. The van der Waals surface area contributed by atoms with Gasteiger partial charge >= 0.3 is 0 Å². The van der Waals surface area contributed by atoms with Crippen LogP contribution in [-0.2, 0) is 4.79 Å². The number of anilines is 2. The number of rotatable bonds is 5. The van der Waals surface area contributed by atoms with Crippen molar-refractivity contribution in [2.24, 2.45) is 5.92 Å². The Bertz CT molecular complexity index is 1100. The summed E-state index contributed by atoms with van der Waals surface area (Å²) in [5.74, 6) is 2.07. The number of para-hydroxylation sites is 1. The largest absolute Gasteiger partial charge is 0.342 e. The average Bonchev–Trinajstić information content (AvgIpc) is 3.36. The van der Waals surface area contributed by atoms with E-state index in [4.69, 9.17) is 9.97 Å². The number of hydrogen-bond donors (Lipinski definition) is 1. The van der Waals surface area contributed by atoms with Gasteiger partial charge in [-0.1, -0.05) is 30.4 Å². The van der Waals surface area contributed by atoms with Gasteiger partial charge in [0.05, 0.1) is 5.69 Å². The molecular weight excluding hydrogens is 398 g/mol. The van der Waals surface area contributed by atoms with E-state index in [-0.39, 0.29) is 17.7 Å². The first-order valence-corrected chi connectivity index (χ1v) is 11.3. The Morgan fingerprint density at radius 2 is 1.94 bits per heavy atom. The highest BCUT2D eigenvalue weighted by atomic mass is 16.2. The molecule has 0 bridgehead atoms. The monoisotopic (exact) mass is 425 g/mol. The van der Waals surface area contributed by atoms with Crippen LogP contribution in [0.2, 0.25) is 0 Å². The van der Waals surface area contributed by atoms with Crippen LogP contribution in [0.25, 0.3) is 11.3 Å². The van der Waals surface area contributed by atoms with Gasteiger partial charge in [0.2, 0.25) is 5.91 Å². The van der Waals surface area contributed by atoms with E-state index in [0.717, 1.165) is 60.8 Å². The molecule has 2 aromatic heterocycles. The number of nitrogens with zero attached hydrogens (tertiary/aromatic N) is 4. The number of carbonyl (C=O) groups is 1. The summed E-state index contributed by atoms with van der Waals surface area (Å²) < 4.78 is 0. The first-order valence-electron chi connectivity index (χ1n) is 11.3. The molecule has 2 aliphatic rings. The minimum atomic E-state index is 0.122. The molecule has 1 aliphatic heterocycles. The molecule has 3 aromatic rings. The van der Waals surface area contributed by atoms with Crippen molar-refractivity contribution in [2.45, 2.75) is 31.6 Å². The van der Waals surface area contributed by atoms with Gasteiger partial charge in [-0.2, -0.15) is 0 Å². The van der Waals surface area contributed by atoms with Crippen molar-refractivity contribution in [3.05, 3.63) is 78.9 Å². The average molecular weight is 426 g/mol. The van der Waals surface area contributed by atoms with Gasteiger partial charge < -0.3 is 10.2 Å². The van der Waals surface area contributed by atoms with Crippen molar-refractivity contribution >= 4 is 17.4 Å². The molecule has 0 unspecified atom stereocenters. The van der Waals surface area contributed by atoms with E-state index < -0.39 is 0 Å². The molecule has 6 heteroatoms. The summed E-state index contributed by atoms with van der Waals surface area (Å²) in [5, 5.41) is 3.40. The van der Waals surface area contributed by atoms with Crippen LogP contribution in [0.1, 0.15) is 37.4 Å². The second kappa shape index (κ2) is 9.30. The zero-order chi connectivity index (χ0) is 21.8. The lowest BCUT2D eigenvalue weighted by Gasteiger charge is -2.24. The van der Waals surface area contributed by atoms with Crippen LogP contribution in [-0.4, -0.2) is 38.8 Å². The second-order valence-electron chi connectivity index (χ2n) is 8.48. The van der Waals surface area contributed by atoms with Gasteiger partial charge in [0, 0.05) is 54.6 Å². The molecule has 0 saturated carbocycles. The molecule has 3 heterocycles. The van der Waals surface area contributed by atoms with Crippen molar-refractivity contribution in [1.82, 2.24) is 19.9 Å². The van der Waals surface area contributed by atoms with E-state index in [0.29, 0.717) is 6.54 Å². The van der Waals surface area contributed by atoms with Gasteiger partial charge in [0.15, 0.2) is 0 Å². The summed E-state index contributed by atoms with van der Waals surface area (Å²) in [6.07, 6.45) is 11.6. The van der Waals surface area contributed by atoms with Crippen LogP contribution in [0.5, 0.6) is 0 Å². The lowest BCUT2D eigenvalue weighted by atomic mass is 9.93. The van der Waals surface area contributed by atoms with Gasteiger partial charge in [-0.05, 0) is 49.9 Å². The maximum atomic E-state index is 13.0. The molecule has 1 aliphatic carbocycles. The predicted molar refractivity (Wildman–Crippen MR) is 125 cm³/mol. The Hall–Kier alpha value is -3.54. The van der Waals surface area contributed by atoms with Gasteiger partial charge in [0.25, 0.3) is 0 Å². The number of benzene rings is 1. The molecule has 0 spiro atoms. The smallest absolute Gasteiger partial charge is 0.226 e. The number of amides is 1. The molecular formula is C26H27N5O. The summed E-state index contributed by atoms with van der Waals surface area (Å²) in [5.41, 5.74) is 2.76. The van der Waals surface area contributed by atoms with Crippen LogP contribution in [0.4, 0.5) is 11.5 Å². The highest BCUT2D eigenvalue weighted by molar-refractivity contribution is 5.79. The van der Waals surface area contributed by atoms with E-state index in [1.165, 1.54) is 0 Å². The SMILES string of the molecule is O=C([C@H]1CC=CCC1)N1CC[C@@H](c2nc(Nc3ccccc3)cc(-c3cccnc3)n2)C1. The molecule has 5 rings (SSSR count). The maximum Gasteiger partial charge on any atom is 0.226 e. The summed E-state index contributed by atoms with van der Waals surface area (Å²) in [7, 11) is 0. The van der Waals surface area contributed by atoms with E-state index in [1.54, 1.807) is 6.20 Å². The van der Waals surface area contributed by atoms with Crippen molar-refractivity contribution in [1.29, 1.82) is 0 Å². The zero-order valence-corrected chi connectivity index (χ0v) is 18.0. The summed E-state index contributed by atoms with van der Waals surface area (Å²) in [4.78, 5) is 29.0. The highest BCUT2D eigenvalue weighted by Crippen LogP contribution is 2.31. The maximum absolute atomic E-state index is 13.0. The molecule has 1 fully saturated rings. The number of likely N-dealkylation sites (tertiary alicyclic amines) is 1. The standard InChI is InChI=1S/C26H27N5O/c32-26(19-8-3-1-4-9-19)31-15-13-21(18-31)25-29-23(20-10-7-14-27-17-20)16-24(30-25)28-22-11-5-2-6-12-22/h1-3,5-7,10-12,14,16-17,19,21H,4,8-9,13,15,18H2,(H,28,29,30)/t19-,21+/m0/s1.